The van der Waals surface area contributed by atoms with Crippen LogP contribution in [0.3, 0.4) is 0 Å². The highest BCUT2D eigenvalue weighted by Gasteiger charge is 2.16. The molecule has 186 valence electrons. The van der Waals surface area contributed by atoms with Gasteiger partial charge in [-0.3, -0.25) is 0 Å². The van der Waals surface area contributed by atoms with Crippen LogP contribution in [0.2, 0.25) is 0 Å². The maximum atomic E-state index is 10.6. The van der Waals surface area contributed by atoms with Gasteiger partial charge in [-0.25, -0.2) is 0 Å². The van der Waals surface area contributed by atoms with Gasteiger partial charge >= 0.3 is 0 Å². The summed E-state index contributed by atoms with van der Waals surface area (Å²) in [6, 6.07) is 0. The second-order valence-corrected chi connectivity index (χ2v) is 10.0. The smallest absolute Gasteiger partial charge is 0.157 e. The Morgan fingerprint density at radius 1 is 0.742 bits per heavy atom. The summed E-state index contributed by atoms with van der Waals surface area (Å²) in [5.74, 6) is 0.722. The average Bonchev–Trinajstić information content (AvgIpc) is 2.78. The zero-order valence-electron chi connectivity index (χ0n) is 21.3. The number of ether oxygens (including phenoxy) is 2. The van der Waals surface area contributed by atoms with Crippen molar-refractivity contribution in [3.8, 4) is 0 Å². The quantitative estimate of drug-likeness (QED) is 0.171. The molecule has 0 spiro atoms. The lowest BCUT2D eigenvalue weighted by molar-refractivity contribution is -0.162. The van der Waals surface area contributed by atoms with Crippen LogP contribution in [0.15, 0.2) is 0 Å². The first-order valence-corrected chi connectivity index (χ1v) is 14.2. The Balaban J connectivity index is 2.15. The van der Waals surface area contributed by atoms with Crippen LogP contribution < -0.4 is 0 Å². The lowest BCUT2D eigenvalue weighted by Crippen LogP contribution is -2.22. The van der Waals surface area contributed by atoms with Crippen LogP contribution in [-0.4, -0.2) is 30.7 Å². The number of aliphatic hydroxyl groups is 1. The van der Waals surface area contributed by atoms with Crippen molar-refractivity contribution in [1.82, 2.24) is 0 Å². The molecule has 1 heterocycles. The Morgan fingerprint density at radius 2 is 1.32 bits per heavy atom. The summed E-state index contributed by atoms with van der Waals surface area (Å²) in [5.41, 5.74) is 0. The lowest BCUT2D eigenvalue weighted by Gasteiger charge is -2.23. The predicted molar refractivity (Wildman–Crippen MR) is 133 cm³/mol. The van der Waals surface area contributed by atoms with E-state index in [2.05, 4.69) is 13.8 Å². The molecule has 0 aromatic heterocycles. The minimum atomic E-state index is -0.129. The summed E-state index contributed by atoms with van der Waals surface area (Å²) >= 11 is 0. The van der Waals surface area contributed by atoms with E-state index in [-0.39, 0.29) is 12.4 Å². The number of unbranched alkanes of at least 4 members (excludes halogenated alkanes) is 11. The summed E-state index contributed by atoms with van der Waals surface area (Å²) in [7, 11) is 0. The maximum Gasteiger partial charge on any atom is 0.157 e. The SMILES string of the molecule is CCCCCCCCC(CCCCCCCC)C[C@@H](O)CCCCO[C@H]1CCCCO1. The van der Waals surface area contributed by atoms with Crippen molar-refractivity contribution in [3.63, 3.8) is 0 Å². The van der Waals surface area contributed by atoms with E-state index in [0.717, 1.165) is 51.2 Å². The van der Waals surface area contributed by atoms with Gasteiger partial charge in [-0.1, -0.05) is 104 Å². The van der Waals surface area contributed by atoms with E-state index in [1.54, 1.807) is 0 Å². The molecule has 0 saturated carbocycles. The summed E-state index contributed by atoms with van der Waals surface area (Å²) in [6.07, 6.45) is 26.5. The van der Waals surface area contributed by atoms with Gasteiger partial charge in [0.2, 0.25) is 0 Å². The fourth-order valence-electron chi connectivity index (χ4n) is 4.85. The monoisotopic (exact) mass is 440 g/mol. The molecule has 0 aromatic carbocycles. The molecular formula is C28H56O3. The Morgan fingerprint density at radius 3 is 1.90 bits per heavy atom. The molecule has 0 bridgehead atoms. The predicted octanol–water partition coefficient (Wildman–Crippen LogP) is 8.57. The number of rotatable bonds is 22. The third kappa shape index (κ3) is 18.0. The second kappa shape index (κ2) is 21.7. The normalized spacial score (nSPS) is 18.0. The molecule has 0 aromatic rings. The van der Waals surface area contributed by atoms with Gasteiger partial charge in [0.25, 0.3) is 0 Å². The topological polar surface area (TPSA) is 38.7 Å². The maximum absolute atomic E-state index is 10.6. The largest absolute Gasteiger partial charge is 0.393 e. The van der Waals surface area contributed by atoms with Crippen LogP contribution in [0.25, 0.3) is 0 Å². The molecule has 1 fully saturated rings. The molecule has 1 saturated heterocycles. The highest BCUT2D eigenvalue weighted by molar-refractivity contribution is 4.67. The minimum Gasteiger partial charge on any atom is -0.393 e. The Kier molecular flexibility index (Phi) is 20.2. The van der Waals surface area contributed by atoms with Gasteiger partial charge in [0.05, 0.1) is 6.10 Å². The minimum absolute atomic E-state index is 0.0257. The summed E-state index contributed by atoms with van der Waals surface area (Å²) in [4.78, 5) is 0. The lowest BCUT2D eigenvalue weighted by atomic mass is 9.88. The fraction of sp³-hybridized carbons (Fsp3) is 1.00. The molecule has 3 heteroatoms. The molecule has 0 radical (unpaired) electrons. The van der Waals surface area contributed by atoms with Gasteiger partial charge in [0, 0.05) is 13.2 Å². The van der Waals surface area contributed by atoms with E-state index in [4.69, 9.17) is 9.47 Å². The highest BCUT2D eigenvalue weighted by Crippen LogP contribution is 2.25. The number of aliphatic hydroxyl groups excluding tert-OH is 1. The molecule has 1 N–H and O–H groups in total. The van der Waals surface area contributed by atoms with Gasteiger partial charge in [-0.15, -0.1) is 0 Å². The number of hydrogen-bond acceptors (Lipinski definition) is 3. The van der Waals surface area contributed by atoms with Crippen LogP contribution in [0.4, 0.5) is 0 Å². The van der Waals surface area contributed by atoms with Crippen LogP contribution in [0, 0.1) is 5.92 Å². The molecule has 0 aliphatic carbocycles. The van der Waals surface area contributed by atoms with E-state index in [0.29, 0.717) is 0 Å². The molecule has 1 aliphatic heterocycles. The van der Waals surface area contributed by atoms with Crippen LogP contribution in [0.5, 0.6) is 0 Å². The molecule has 3 nitrogen and oxygen atoms in total. The van der Waals surface area contributed by atoms with Gasteiger partial charge in [-0.05, 0) is 50.9 Å². The molecule has 1 rings (SSSR count). The standard InChI is InChI=1S/C28H56O3/c1-3-5-7-9-11-13-19-26(20-14-12-10-8-6-4-2)25-27(29)21-15-17-23-30-28-22-16-18-24-31-28/h26-29H,3-25H2,1-2H3/t27-,28+/m0/s1. The highest BCUT2D eigenvalue weighted by atomic mass is 16.7. The Bertz CT molecular complexity index is 338. The zero-order valence-corrected chi connectivity index (χ0v) is 21.3. The van der Waals surface area contributed by atoms with Crippen molar-refractivity contribution >= 4 is 0 Å². The average molecular weight is 441 g/mol. The van der Waals surface area contributed by atoms with E-state index < -0.39 is 0 Å². The Labute approximate surface area is 195 Å². The van der Waals surface area contributed by atoms with Crippen molar-refractivity contribution in [2.75, 3.05) is 13.2 Å². The zero-order chi connectivity index (χ0) is 22.4. The Hall–Kier alpha value is -0.120. The molecule has 0 unspecified atom stereocenters. The molecule has 0 amide bonds. The third-order valence-electron chi connectivity index (χ3n) is 6.91. The van der Waals surface area contributed by atoms with E-state index in [1.807, 2.05) is 0 Å². The van der Waals surface area contributed by atoms with Gasteiger partial charge < -0.3 is 14.6 Å². The first-order chi connectivity index (χ1) is 15.3. The van der Waals surface area contributed by atoms with Crippen LogP contribution in [0.1, 0.15) is 149 Å². The van der Waals surface area contributed by atoms with E-state index in [1.165, 1.54) is 103 Å². The molecule has 1 aliphatic rings. The van der Waals surface area contributed by atoms with Gasteiger partial charge in [-0.2, -0.15) is 0 Å². The summed E-state index contributed by atoms with van der Waals surface area (Å²) in [6.45, 7) is 6.19. The molecule has 2 atom stereocenters. The number of hydrogen-bond donors (Lipinski definition) is 1. The third-order valence-corrected chi connectivity index (χ3v) is 6.91. The van der Waals surface area contributed by atoms with E-state index in [9.17, 15) is 5.11 Å². The van der Waals surface area contributed by atoms with Crippen LogP contribution in [-0.2, 0) is 9.47 Å². The fourth-order valence-corrected chi connectivity index (χ4v) is 4.85. The van der Waals surface area contributed by atoms with Crippen molar-refractivity contribution in [2.45, 2.75) is 161 Å². The second-order valence-electron chi connectivity index (χ2n) is 10.0. The van der Waals surface area contributed by atoms with Crippen LogP contribution >= 0.6 is 0 Å². The summed E-state index contributed by atoms with van der Waals surface area (Å²) in [5, 5.41) is 10.6. The van der Waals surface area contributed by atoms with Crippen molar-refractivity contribution < 1.29 is 14.6 Å². The molecule has 31 heavy (non-hydrogen) atoms. The van der Waals surface area contributed by atoms with Crippen molar-refractivity contribution in [2.24, 2.45) is 5.92 Å². The van der Waals surface area contributed by atoms with Gasteiger partial charge in [0.1, 0.15) is 0 Å². The van der Waals surface area contributed by atoms with E-state index >= 15 is 0 Å². The first-order valence-electron chi connectivity index (χ1n) is 14.2. The van der Waals surface area contributed by atoms with Crippen molar-refractivity contribution in [1.29, 1.82) is 0 Å². The van der Waals surface area contributed by atoms with Crippen molar-refractivity contribution in [3.05, 3.63) is 0 Å². The molecular weight excluding hydrogens is 384 g/mol. The van der Waals surface area contributed by atoms with Gasteiger partial charge in [0.15, 0.2) is 6.29 Å². The first kappa shape index (κ1) is 28.9. The summed E-state index contributed by atoms with van der Waals surface area (Å²) < 4.78 is 11.5.